The van der Waals surface area contributed by atoms with E-state index in [1.54, 1.807) is 6.20 Å². The van der Waals surface area contributed by atoms with Crippen LogP contribution in [0.15, 0.2) is 28.8 Å². The summed E-state index contributed by atoms with van der Waals surface area (Å²) in [6.45, 7) is 2.67. The summed E-state index contributed by atoms with van der Waals surface area (Å²) in [5.41, 5.74) is 0.848. The van der Waals surface area contributed by atoms with Crippen LogP contribution in [-0.4, -0.2) is 16.0 Å². The predicted octanol–water partition coefficient (Wildman–Crippen LogP) is 2.30. The van der Waals surface area contributed by atoms with Crippen LogP contribution in [0.5, 0.6) is 0 Å². The molecule has 1 aliphatic carbocycles. The van der Waals surface area contributed by atoms with Gasteiger partial charge in [0.15, 0.2) is 5.76 Å². The van der Waals surface area contributed by atoms with Crippen molar-refractivity contribution in [1.29, 1.82) is 0 Å². The number of nitrogens with one attached hydrogen (secondary N) is 1. The summed E-state index contributed by atoms with van der Waals surface area (Å²) in [5, 5.41) is 3.40. The Labute approximate surface area is 100 Å². The maximum Gasteiger partial charge on any atom is 0.152 e. The molecule has 0 aromatic carbocycles. The Morgan fingerprint density at radius 3 is 2.94 bits per heavy atom. The monoisotopic (exact) mass is 229 g/mol. The molecule has 17 heavy (non-hydrogen) atoms. The first-order chi connectivity index (χ1) is 8.31. The van der Waals surface area contributed by atoms with E-state index in [2.05, 4.69) is 15.3 Å². The third-order valence-electron chi connectivity index (χ3n) is 2.82. The predicted molar refractivity (Wildman–Crippen MR) is 64.3 cm³/mol. The molecule has 2 heterocycles. The van der Waals surface area contributed by atoms with Gasteiger partial charge in [0.1, 0.15) is 17.3 Å². The van der Waals surface area contributed by atoms with Crippen molar-refractivity contribution < 1.29 is 4.42 Å². The molecule has 4 nitrogen and oxygen atoms in total. The lowest BCUT2D eigenvalue weighted by molar-refractivity contribution is 0.545. The first-order valence-electron chi connectivity index (χ1n) is 5.93. The van der Waals surface area contributed by atoms with Gasteiger partial charge in [0.05, 0.1) is 6.54 Å². The average Bonchev–Trinajstić information content (AvgIpc) is 3.08. The smallest absolute Gasteiger partial charge is 0.152 e. The molecule has 0 bridgehead atoms. The second kappa shape index (κ2) is 4.30. The summed E-state index contributed by atoms with van der Waals surface area (Å²) in [6.07, 6.45) is 4.33. The number of nitrogens with zero attached hydrogens (tertiary/aromatic N) is 2. The van der Waals surface area contributed by atoms with E-state index in [4.69, 9.17) is 4.42 Å². The number of rotatable bonds is 4. The minimum Gasteiger partial charge on any atom is -0.460 e. The SMILES string of the molecule is Cc1ccc(-c2ccnc(CNC3CC3)n2)o1. The molecule has 4 heteroatoms. The van der Waals surface area contributed by atoms with E-state index in [9.17, 15) is 0 Å². The molecule has 0 radical (unpaired) electrons. The fraction of sp³-hybridized carbons (Fsp3) is 0.385. The summed E-state index contributed by atoms with van der Waals surface area (Å²) >= 11 is 0. The van der Waals surface area contributed by atoms with Crippen molar-refractivity contribution in [3.8, 4) is 11.5 Å². The van der Waals surface area contributed by atoms with Crippen LogP contribution < -0.4 is 5.32 Å². The maximum absolute atomic E-state index is 5.55. The van der Waals surface area contributed by atoms with E-state index in [1.165, 1.54) is 12.8 Å². The van der Waals surface area contributed by atoms with Crippen LogP contribution in [0.2, 0.25) is 0 Å². The molecule has 0 amide bonds. The summed E-state index contributed by atoms with van der Waals surface area (Å²) in [6, 6.07) is 6.43. The van der Waals surface area contributed by atoms with Gasteiger partial charge in [-0.1, -0.05) is 0 Å². The molecule has 1 N–H and O–H groups in total. The van der Waals surface area contributed by atoms with Crippen LogP contribution in [0.4, 0.5) is 0 Å². The van der Waals surface area contributed by atoms with Crippen LogP contribution in [0.1, 0.15) is 24.4 Å². The van der Waals surface area contributed by atoms with Crippen LogP contribution in [-0.2, 0) is 6.54 Å². The highest BCUT2D eigenvalue weighted by atomic mass is 16.3. The van der Waals surface area contributed by atoms with Gasteiger partial charge < -0.3 is 9.73 Å². The molecule has 3 rings (SSSR count). The zero-order chi connectivity index (χ0) is 11.7. The van der Waals surface area contributed by atoms with E-state index in [-0.39, 0.29) is 0 Å². The molecule has 0 aliphatic heterocycles. The zero-order valence-corrected chi connectivity index (χ0v) is 9.81. The number of hydrogen-bond donors (Lipinski definition) is 1. The second-order valence-electron chi connectivity index (χ2n) is 4.42. The Kier molecular flexibility index (Phi) is 2.65. The fourth-order valence-electron chi connectivity index (χ4n) is 1.72. The number of hydrogen-bond acceptors (Lipinski definition) is 4. The fourth-order valence-corrected chi connectivity index (χ4v) is 1.72. The number of aryl methyl sites for hydroxylation is 1. The summed E-state index contributed by atoms with van der Waals surface area (Å²) in [5.74, 6) is 2.53. The normalized spacial score (nSPS) is 15.1. The van der Waals surface area contributed by atoms with Gasteiger partial charge in [0.25, 0.3) is 0 Å². The molecule has 2 aromatic rings. The minimum atomic E-state index is 0.674. The van der Waals surface area contributed by atoms with Crippen molar-refractivity contribution in [3.63, 3.8) is 0 Å². The summed E-state index contributed by atoms with van der Waals surface area (Å²) in [4.78, 5) is 8.74. The van der Waals surface area contributed by atoms with Crippen LogP contribution in [0.25, 0.3) is 11.5 Å². The quantitative estimate of drug-likeness (QED) is 0.874. The molecule has 88 valence electrons. The van der Waals surface area contributed by atoms with Crippen molar-refractivity contribution in [3.05, 3.63) is 36.0 Å². The van der Waals surface area contributed by atoms with E-state index < -0.39 is 0 Å². The molecule has 0 unspecified atom stereocenters. The molecule has 2 aromatic heterocycles. The Morgan fingerprint density at radius 2 is 2.24 bits per heavy atom. The van der Waals surface area contributed by atoms with Crippen LogP contribution >= 0.6 is 0 Å². The van der Waals surface area contributed by atoms with E-state index >= 15 is 0 Å². The van der Waals surface area contributed by atoms with Gasteiger partial charge in [0.2, 0.25) is 0 Å². The van der Waals surface area contributed by atoms with Gasteiger partial charge in [-0.25, -0.2) is 9.97 Å². The highest BCUT2D eigenvalue weighted by Gasteiger charge is 2.20. The van der Waals surface area contributed by atoms with Crippen molar-refractivity contribution in [2.75, 3.05) is 0 Å². The Hall–Kier alpha value is -1.68. The molecule has 0 saturated heterocycles. The Bertz CT molecular complexity index is 517. The topological polar surface area (TPSA) is 51.0 Å². The first-order valence-corrected chi connectivity index (χ1v) is 5.93. The van der Waals surface area contributed by atoms with Gasteiger partial charge in [-0.3, -0.25) is 0 Å². The van der Waals surface area contributed by atoms with Crippen LogP contribution in [0, 0.1) is 6.92 Å². The number of furan rings is 1. The van der Waals surface area contributed by atoms with Crippen LogP contribution in [0.3, 0.4) is 0 Å². The third kappa shape index (κ3) is 2.53. The van der Waals surface area contributed by atoms with Gasteiger partial charge in [-0.2, -0.15) is 0 Å². The first kappa shape index (κ1) is 10.5. The highest BCUT2D eigenvalue weighted by Crippen LogP contribution is 2.20. The lowest BCUT2D eigenvalue weighted by Crippen LogP contribution is -2.17. The van der Waals surface area contributed by atoms with E-state index in [1.807, 2.05) is 25.1 Å². The molecular weight excluding hydrogens is 214 g/mol. The lowest BCUT2D eigenvalue weighted by Gasteiger charge is -2.02. The van der Waals surface area contributed by atoms with Crippen molar-refractivity contribution in [1.82, 2.24) is 15.3 Å². The molecule has 0 spiro atoms. The standard InChI is InChI=1S/C13H15N3O/c1-9-2-5-12(17-9)11-6-7-14-13(16-11)8-15-10-3-4-10/h2,5-7,10,15H,3-4,8H2,1H3. The molecule has 0 atom stereocenters. The second-order valence-corrected chi connectivity index (χ2v) is 4.42. The largest absolute Gasteiger partial charge is 0.460 e. The molecule has 1 aliphatic rings. The lowest BCUT2D eigenvalue weighted by atomic mass is 10.3. The van der Waals surface area contributed by atoms with Crippen molar-refractivity contribution in [2.45, 2.75) is 32.4 Å². The van der Waals surface area contributed by atoms with Gasteiger partial charge >= 0.3 is 0 Å². The van der Waals surface area contributed by atoms with E-state index in [0.717, 1.165) is 29.6 Å². The van der Waals surface area contributed by atoms with Gasteiger partial charge in [-0.15, -0.1) is 0 Å². The molecule has 1 saturated carbocycles. The average molecular weight is 229 g/mol. The van der Waals surface area contributed by atoms with Crippen molar-refractivity contribution in [2.24, 2.45) is 0 Å². The Morgan fingerprint density at radius 1 is 1.35 bits per heavy atom. The minimum absolute atomic E-state index is 0.674. The van der Waals surface area contributed by atoms with Gasteiger partial charge in [-0.05, 0) is 38.0 Å². The maximum atomic E-state index is 5.55. The molecular formula is C13H15N3O. The van der Waals surface area contributed by atoms with E-state index in [0.29, 0.717) is 6.04 Å². The number of aromatic nitrogens is 2. The highest BCUT2D eigenvalue weighted by molar-refractivity contribution is 5.51. The van der Waals surface area contributed by atoms with Crippen molar-refractivity contribution >= 4 is 0 Å². The molecule has 1 fully saturated rings. The third-order valence-corrected chi connectivity index (χ3v) is 2.82. The van der Waals surface area contributed by atoms with Gasteiger partial charge in [0, 0.05) is 12.2 Å². The summed E-state index contributed by atoms with van der Waals surface area (Å²) < 4.78 is 5.55. The Balaban J connectivity index is 1.77. The summed E-state index contributed by atoms with van der Waals surface area (Å²) in [7, 11) is 0. The zero-order valence-electron chi connectivity index (χ0n) is 9.81.